The molecule has 0 bridgehead atoms. The predicted octanol–water partition coefficient (Wildman–Crippen LogP) is 1.21. The van der Waals surface area contributed by atoms with Crippen molar-refractivity contribution >= 4 is 23.2 Å². The summed E-state index contributed by atoms with van der Waals surface area (Å²) in [7, 11) is 3.16. The Morgan fingerprint density at radius 2 is 1.84 bits per heavy atom. The Morgan fingerprint density at radius 3 is 2.48 bits per heavy atom. The Kier molecular flexibility index (Phi) is 4.29. The highest BCUT2D eigenvalue weighted by atomic mass is 16.2. The topological polar surface area (TPSA) is 107 Å². The lowest BCUT2D eigenvalue weighted by Crippen LogP contribution is -2.29. The molecule has 1 aromatic carbocycles. The zero-order valence-corrected chi connectivity index (χ0v) is 14.0. The number of carbonyl (C=O) groups is 1. The Balaban J connectivity index is 2.04. The van der Waals surface area contributed by atoms with Crippen molar-refractivity contribution in [2.24, 2.45) is 14.1 Å². The van der Waals surface area contributed by atoms with Gasteiger partial charge in [0.25, 0.3) is 11.5 Å². The van der Waals surface area contributed by atoms with Crippen LogP contribution >= 0.6 is 0 Å². The van der Waals surface area contributed by atoms with Gasteiger partial charge in [0.2, 0.25) is 5.95 Å². The van der Waals surface area contributed by atoms with Gasteiger partial charge in [-0.15, -0.1) is 0 Å². The van der Waals surface area contributed by atoms with Crippen molar-refractivity contribution in [3.8, 4) is 0 Å². The first-order chi connectivity index (χ1) is 12.0. The fraction of sp³-hybridized carbons (Fsp3) is 0.188. The second-order valence-corrected chi connectivity index (χ2v) is 5.43. The summed E-state index contributed by atoms with van der Waals surface area (Å²) in [6.45, 7) is 1.65. The van der Waals surface area contributed by atoms with E-state index in [-0.39, 0.29) is 17.2 Å². The quantitative estimate of drug-likeness (QED) is 0.740. The van der Waals surface area contributed by atoms with Gasteiger partial charge in [0.1, 0.15) is 6.33 Å². The Morgan fingerprint density at radius 1 is 1.12 bits per heavy atom. The highest BCUT2D eigenvalue weighted by Crippen LogP contribution is 2.22. The van der Waals surface area contributed by atoms with E-state index in [1.807, 2.05) is 30.3 Å². The molecule has 0 atom stereocenters. The number of nitrogens with zero attached hydrogens (tertiary/aromatic N) is 5. The van der Waals surface area contributed by atoms with Crippen LogP contribution in [-0.2, 0) is 14.1 Å². The number of anilines is 3. The lowest BCUT2D eigenvalue weighted by atomic mass is 10.2. The first kappa shape index (κ1) is 16.4. The third-order valence-electron chi connectivity index (χ3n) is 3.67. The Labute approximate surface area is 143 Å². The number of nitrogens with one attached hydrogen (secondary N) is 2. The highest BCUT2D eigenvalue weighted by molar-refractivity contribution is 6.06. The highest BCUT2D eigenvalue weighted by Gasteiger charge is 2.21. The molecule has 3 aromatic rings. The summed E-state index contributed by atoms with van der Waals surface area (Å²) in [6.07, 6.45) is 1.33. The van der Waals surface area contributed by atoms with Crippen molar-refractivity contribution in [1.29, 1.82) is 0 Å². The van der Waals surface area contributed by atoms with Gasteiger partial charge < -0.3 is 5.32 Å². The average molecular weight is 339 g/mol. The molecule has 9 heteroatoms. The second kappa shape index (κ2) is 6.56. The third kappa shape index (κ3) is 3.25. The smallest absolute Gasteiger partial charge is 0.280 e. The van der Waals surface area contributed by atoms with E-state index in [9.17, 15) is 9.59 Å². The number of para-hydroxylation sites is 1. The fourth-order valence-corrected chi connectivity index (χ4v) is 2.32. The van der Waals surface area contributed by atoms with Gasteiger partial charge in [-0.25, -0.2) is 9.36 Å². The molecule has 9 nitrogen and oxygen atoms in total. The van der Waals surface area contributed by atoms with Crippen molar-refractivity contribution in [3.63, 3.8) is 0 Å². The summed E-state index contributed by atoms with van der Waals surface area (Å²) in [5, 5.41) is 13.8. The molecule has 2 heterocycles. The Hall–Kier alpha value is -3.49. The van der Waals surface area contributed by atoms with Crippen LogP contribution in [0.2, 0.25) is 0 Å². The van der Waals surface area contributed by atoms with Crippen LogP contribution in [-0.4, -0.2) is 30.5 Å². The van der Waals surface area contributed by atoms with Crippen LogP contribution in [0, 0.1) is 6.92 Å². The molecule has 0 aliphatic carbocycles. The van der Waals surface area contributed by atoms with Gasteiger partial charge >= 0.3 is 0 Å². The first-order valence-corrected chi connectivity index (χ1v) is 7.52. The van der Waals surface area contributed by atoms with E-state index in [1.165, 1.54) is 18.1 Å². The molecule has 0 unspecified atom stereocenters. The van der Waals surface area contributed by atoms with Crippen molar-refractivity contribution < 1.29 is 4.79 Å². The van der Waals surface area contributed by atoms with Gasteiger partial charge in [0.05, 0.1) is 5.69 Å². The molecule has 0 fully saturated rings. The van der Waals surface area contributed by atoms with E-state index in [2.05, 4.69) is 25.8 Å². The molecule has 0 aliphatic heterocycles. The van der Waals surface area contributed by atoms with E-state index in [4.69, 9.17) is 0 Å². The van der Waals surface area contributed by atoms with Crippen LogP contribution in [0.5, 0.6) is 0 Å². The van der Waals surface area contributed by atoms with Gasteiger partial charge in [0.15, 0.2) is 5.69 Å². The molecule has 128 valence electrons. The van der Waals surface area contributed by atoms with Crippen molar-refractivity contribution in [3.05, 3.63) is 58.3 Å². The molecule has 1 amide bonds. The number of rotatable bonds is 4. The first-order valence-electron chi connectivity index (χ1n) is 7.52. The zero-order valence-electron chi connectivity index (χ0n) is 14.0. The molecule has 2 N–H and O–H groups in total. The predicted molar refractivity (Wildman–Crippen MR) is 92.9 cm³/mol. The number of hydrogen-bond donors (Lipinski definition) is 2. The minimum absolute atomic E-state index is 0.0893. The normalized spacial score (nSPS) is 10.5. The molecule has 0 radical (unpaired) electrons. The average Bonchev–Trinajstić information content (AvgIpc) is 3.01. The molecular weight excluding hydrogens is 322 g/mol. The second-order valence-electron chi connectivity index (χ2n) is 5.43. The lowest BCUT2D eigenvalue weighted by Gasteiger charge is -2.14. The van der Waals surface area contributed by atoms with E-state index in [0.717, 1.165) is 10.4 Å². The molecule has 0 aliphatic rings. The number of benzene rings is 1. The minimum atomic E-state index is -0.492. The largest absolute Gasteiger partial charge is 0.353 e. The van der Waals surface area contributed by atoms with Crippen LogP contribution in [0.4, 0.5) is 17.3 Å². The maximum atomic E-state index is 12.7. The molecule has 0 spiro atoms. The summed E-state index contributed by atoms with van der Waals surface area (Å²) in [5.41, 5.74) is 1.30. The van der Waals surface area contributed by atoms with Gasteiger partial charge in [-0.1, -0.05) is 18.2 Å². The summed E-state index contributed by atoms with van der Waals surface area (Å²) in [6, 6.07) is 9.25. The van der Waals surface area contributed by atoms with Crippen LogP contribution in [0.15, 0.2) is 41.5 Å². The SMILES string of the molecule is Cc1c(Nc2ccccc2)c(C(=O)Nc2ncnn2C)nn(C)c1=O. The maximum Gasteiger partial charge on any atom is 0.280 e. The number of amides is 1. The number of aryl methyl sites for hydroxylation is 2. The van der Waals surface area contributed by atoms with Gasteiger partial charge in [-0.3, -0.25) is 14.9 Å². The van der Waals surface area contributed by atoms with Crippen molar-refractivity contribution in [2.45, 2.75) is 6.92 Å². The number of hydrogen-bond acceptors (Lipinski definition) is 6. The molecular formula is C16H17N7O2. The number of aromatic nitrogens is 5. The van der Waals surface area contributed by atoms with E-state index >= 15 is 0 Å². The maximum absolute atomic E-state index is 12.7. The van der Waals surface area contributed by atoms with Crippen molar-refractivity contribution in [1.82, 2.24) is 24.5 Å². The Bertz CT molecular complexity index is 976. The van der Waals surface area contributed by atoms with Gasteiger partial charge in [-0.2, -0.15) is 15.2 Å². The minimum Gasteiger partial charge on any atom is -0.353 e. The molecule has 2 aromatic heterocycles. The van der Waals surface area contributed by atoms with Gasteiger partial charge in [-0.05, 0) is 19.1 Å². The molecule has 3 rings (SSSR count). The summed E-state index contributed by atoms with van der Waals surface area (Å²) in [5.74, 6) is -0.211. The van der Waals surface area contributed by atoms with E-state index in [0.29, 0.717) is 11.3 Å². The summed E-state index contributed by atoms with van der Waals surface area (Å²) in [4.78, 5) is 28.9. The monoisotopic (exact) mass is 339 g/mol. The third-order valence-corrected chi connectivity index (χ3v) is 3.67. The lowest BCUT2D eigenvalue weighted by molar-refractivity contribution is 0.101. The molecule has 0 saturated carbocycles. The van der Waals surface area contributed by atoms with Crippen LogP contribution in [0.3, 0.4) is 0 Å². The molecule has 25 heavy (non-hydrogen) atoms. The zero-order chi connectivity index (χ0) is 18.0. The van der Waals surface area contributed by atoms with Crippen LogP contribution < -0.4 is 16.2 Å². The van der Waals surface area contributed by atoms with Crippen LogP contribution in [0.1, 0.15) is 16.1 Å². The standard InChI is InChI=1S/C16H17N7O2/c1-10-12(19-11-7-5-4-6-8-11)13(21-22(2)15(10)25)14(24)20-16-17-9-18-23(16)3/h4-9,19H,1-3H3,(H,17,18,20,24). The fourth-order valence-electron chi connectivity index (χ4n) is 2.32. The molecule has 0 saturated heterocycles. The van der Waals surface area contributed by atoms with E-state index in [1.54, 1.807) is 14.0 Å². The number of carbonyl (C=O) groups excluding carboxylic acids is 1. The van der Waals surface area contributed by atoms with Crippen molar-refractivity contribution in [2.75, 3.05) is 10.6 Å². The van der Waals surface area contributed by atoms with E-state index < -0.39 is 5.91 Å². The summed E-state index contributed by atoms with van der Waals surface area (Å²) < 4.78 is 2.56. The summed E-state index contributed by atoms with van der Waals surface area (Å²) >= 11 is 0. The van der Waals surface area contributed by atoms with Gasteiger partial charge in [0, 0.05) is 25.3 Å². The van der Waals surface area contributed by atoms with Crippen LogP contribution in [0.25, 0.3) is 0 Å².